The van der Waals surface area contributed by atoms with E-state index in [0.29, 0.717) is 18.2 Å². The molecule has 0 heterocycles. The maximum Gasteiger partial charge on any atom is 0.244 e. The maximum absolute atomic E-state index is 11.9. The van der Waals surface area contributed by atoms with Crippen LogP contribution in [0.2, 0.25) is 5.02 Å². The number of amides is 1. The molecule has 0 aromatic heterocycles. The molecule has 0 fully saturated rings. The van der Waals surface area contributed by atoms with Gasteiger partial charge in [0.05, 0.1) is 0 Å². The summed E-state index contributed by atoms with van der Waals surface area (Å²) in [6.07, 6.45) is 3.30. The number of benzene rings is 3. The summed E-state index contributed by atoms with van der Waals surface area (Å²) in [4.78, 5) is 11.9. The van der Waals surface area contributed by atoms with Gasteiger partial charge in [-0.3, -0.25) is 4.79 Å². The predicted octanol–water partition coefficient (Wildman–Crippen LogP) is 5.25. The van der Waals surface area contributed by atoms with Crippen LogP contribution in [0.4, 0.5) is 0 Å². The van der Waals surface area contributed by atoms with Gasteiger partial charge in [-0.05, 0) is 47.0 Å². The number of halogens is 1. The van der Waals surface area contributed by atoms with Crippen LogP contribution in [0.3, 0.4) is 0 Å². The van der Waals surface area contributed by atoms with Gasteiger partial charge >= 0.3 is 0 Å². The molecule has 0 aliphatic carbocycles. The minimum atomic E-state index is -0.144. The lowest BCUT2D eigenvalue weighted by Gasteiger charge is -2.06. The average molecular weight is 378 g/mol. The number of ether oxygens (including phenoxy) is 1. The Hall–Kier alpha value is -3.04. The molecule has 4 heteroatoms. The predicted molar refractivity (Wildman–Crippen MR) is 110 cm³/mol. The average Bonchev–Trinajstić information content (AvgIpc) is 2.72. The number of nitrogens with one attached hydrogen (secondary N) is 1. The van der Waals surface area contributed by atoms with Crippen LogP contribution in [0, 0.1) is 0 Å². The summed E-state index contributed by atoms with van der Waals surface area (Å²) < 4.78 is 5.76. The standard InChI is InChI=1S/C23H20ClNO2/c24-21-11-6-19(7-12-21)16-25-23(26)15-10-18-8-13-22(14-9-18)27-17-20-4-2-1-3-5-20/h1-15H,16-17H2,(H,25,26). The molecule has 0 unspecified atom stereocenters. The third kappa shape index (κ3) is 6.32. The minimum Gasteiger partial charge on any atom is -0.489 e. The minimum absolute atomic E-state index is 0.144. The van der Waals surface area contributed by atoms with Gasteiger partial charge in [0.25, 0.3) is 0 Å². The summed E-state index contributed by atoms with van der Waals surface area (Å²) in [6.45, 7) is 0.996. The Morgan fingerprint density at radius 1 is 0.889 bits per heavy atom. The smallest absolute Gasteiger partial charge is 0.244 e. The van der Waals surface area contributed by atoms with Gasteiger partial charge in [0.15, 0.2) is 0 Å². The van der Waals surface area contributed by atoms with Crippen LogP contribution in [-0.4, -0.2) is 5.91 Å². The molecule has 0 spiro atoms. The highest BCUT2D eigenvalue weighted by Gasteiger charge is 1.99. The van der Waals surface area contributed by atoms with Crippen molar-refractivity contribution in [2.24, 2.45) is 0 Å². The monoisotopic (exact) mass is 377 g/mol. The second-order valence-electron chi connectivity index (χ2n) is 6.02. The van der Waals surface area contributed by atoms with Gasteiger partial charge in [0.2, 0.25) is 5.91 Å². The van der Waals surface area contributed by atoms with Gasteiger partial charge in [-0.1, -0.05) is 66.2 Å². The second kappa shape index (κ2) is 9.60. The molecule has 0 saturated carbocycles. The van der Waals surface area contributed by atoms with Crippen LogP contribution in [0.15, 0.2) is 84.9 Å². The van der Waals surface area contributed by atoms with E-state index in [1.165, 1.54) is 6.08 Å². The first-order valence-corrected chi connectivity index (χ1v) is 9.04. The lowest BCUT2D eigenvalue weighted by Crippen LogP contribution is -2.20. The molecule has 3 aromatic carbocycles. The largest absolute Gasteiger partial charge is 0.489 e. The van der Waals surface area contributed by atoms with E-state index in [0.717, 1.165) is 22.4 Å². The molecule has 3 nitrogen and oxygen atoms in total. The van der Waals surface area contributed by atoms with Crippen molar-refractivity contribution in [3.8, 4) is 5.75 Å². The van der Waals surface area contributed by atoms with E-state index < -0.39 is 0 Å². The van der Waals surface area contributed by atoms with Gasteiger partial charge in [0, 0.05) is 17.6 Å². The summed E-state index contributed by atoms with van der Waals surface area (Å²) in [5, 5.41) is 3.53. The van der Waals surface area contributed by atoms with Crippen LogP contribution < -0.4 is 10.1 Å². The molecule has 27 heavy (non-hydrogen) atoms. The molecule has 3 aromatic rings. The van der Waals surface area contributed by atoms with Gasteiger partial charge in [-0.25, -0.2) is 0 Å². The van der Waals surface area contributed by atoms with Crippen LogP contribution in [0.1, 0.15) is 16.7 Å². The number of carbonyl (C=O) groups excluding carboxylic acids is 1. The normalized spacial score (nSPS) is 10.7. The molecule has 0 bridgehead atoms. The topological polar surface area (TPSA) is 38.3 Å². The summed E-state index contributed by atoms with van der Waals surface area (Å²) >= 11 is 5.85. The van der Waals surface area contributed by atoms with Gasteiger partial charge in [0.1, 0.15) is 12.4 Å². The zero-order chi connectivity index (χ0) is 18.9. The van der Waals surface area contributed by atoms with E-state index in [9.17, 15) is 4.79 Å². The molecule has 0 radical (unpaired) electrons. The third-order valence-electron chi connectivity index (χ3n) is 3.94. The number of rotatable bonds is 7. The molecule has 0 saturated heterocycles. The number of hydrogen-bond acceptors (Lipinski definition) is 2. The molecule has 136 valence electrons. The second-order valence-corrected chi connectivity index (χ2v) is 6.46. The van der Waals surface area contributed by atoms with E-state index in [4.69, 9.17) is 16.3 Å². The van der Waals surface area contributed by atoms with Crippen LogP contribution in [-0.2, 0) is 17.9 Å². The molecular weight excluding hydrogens is 358 g/mol. The van der Waals surface area contributed by atoms with Crippen molar-refractivity contribution < 1.29 is 9.53 Å². The van der Waals surface area contributed by atoms with Crippen molar-refractivity contribution in [1.29, 1.82) is 0 Å². The van der Waals surface area contributed by atoms with Gasteiger partial charge in [-0.2, -0.15) is 0 Å². The first-order chi connectivity index (χ1) is 13.2. The van der Waals surface area contributed by atoms with Crippen LogP contribution in [0.25, 0.3) is 6.08 Å². The lowest BCUT2D eigenvalue weighted by molar-refractivity contribution is -0.116. The van der Waals surface area contributed by atoms with E-state index in [1.807, 2.05) is 66.7 Å². The number of carbonyl (C=O) groups is 1. The Kier molecular flexibility index (Phi) is 6.66. The van der Waals surface area contributed by atoms with Crippen molar-refractivity contribution >= 4 is 23.6 Å². The quantitative estimate of drug-likeness (QED) is 0.571. The van der Waals surface area contributed by atoms with Gasteiger partial charge < -0.3 is 10.1 Å². The molecule has 1 amide bonds. The molecule has 1 N–H and O–H groups in total. The molecular formula is C23H20ClNO2. The van der Waals surface area contributed by atoms with Crippen molar-refractivity contribution in [2.75, 3.05) is 0 Å². The van der Waals surface area contributed by atoms with Gasteiger partial charge in [-0.15, -0.1) is 0 Å². The summed E-state index contributed by atoms with van der Waals surface area (Å²) in [5.41, 5.74) is 3.06. The highest BCUT2D eigenvalue weighted by Crippen LogP contribution is 2.15. The van der Waals surface area contributed by atoms with Crippen molar-refractivity contribution in [3.63, 3.8) is 0 Å². The number of hydrogen-bond donors (Lipinski definition) is 1. The Morgan fingerprint density at radius 3 is 2.30 bits per heavy atom. The maximum atomic E-state index is 11.9. The van der Waals surface area contributed by atoms with E-state index in [2.05, 4.69) is 5.32 Å². The summed E-state index contributed by atoms with van der Waals surface area (Å²) in [7, 11) is 0. The Balaban J connectivity index is 1.46. The Labute approximate surface area is 164 Å². The SMILES string of the molecule is O=C(C=Cc1ccc(OCc2ccccc2)cc1)NCc1ccc(Cl)cc1. The molecule has 0 aliphatic heterocycles. The molecule has 0 aliphatic rings. The summed E-state index contributed by atoms with van der Waals surface area (Å²) in [6, 6.07) is 25.0. The fourth-order valence-corrected chi connectivity index (χ4v) is 2.56. The van der Waals surface area contributed by atoms with E-state index in [1.54, 1.807) is 18.2 Å². The van der Waals surface area contributed by atoms with Crippen LogP contribution >= 0.6 is 11.6 Å². The fraction of sp³-hybridized carbons (Fsp3) is 0.0870. The Bertz CT molecular complexity index is 888. The first kappa shape index (κ1) is 18.7. The first-order valence-electron chi connectivity index (χ1n) is 8.66. The van der Waals surface area contributed by atoms with Crippen molar-refractivity contribution in [3.05, 3.63) is 107 Å². The third-order valence-corrected chi connectivity index (χ3v) is 4.19. The Morgan fingerprint density at radius 2 is 1.59 bits per heavy atom. The molecule has 3 rings (SSSR count). The van der Waals surface area contributed by atoms with E-state index in [-0.39, 0.29) is 5.91 Å². The highest BCUT2D eigenvalue weighted by atomic mass is 35.5. The van der Waals surface area contributed by atoms with Crippen molar-refractivity contribution in [2.45, 2.75) is 13.2 Å². The highest BCUT2D eigenvalue weighted by molar-refractivity contribution is 6.30. The fourth-order valence-electron chi connectivity index (χ4n) is 2.44. The van der Waals surface area contributed by atoms with Crippen LogP contribution in [0.5, 0.6) is 5.75 Å². The zero-order valence-corrected chi connectivity index (χ0v) is 15.5. The summed E-state index contributed by atoms with van der Waals surface area (Å²) in [5.74, 6) is 0.651. The molecule has 0 atom stereocenters. The van der Waals surface area contributed by atoms with Crippen molar-refractivity contribution in [1.82, 2.24) is 5.32 Å². The lowest BCUT2D eigenvalue weighted by atomic mass is 10.2. The van der Waals surface area contributed by atoms with E-state index >= 15 is 0 Å². The zero-order valence-electron chi connectivity index (χ0n) is 14.8.